The third kappa shape index (κ3) is 5.61. The first-order valence-electron chi connectivity index (χ1n) is 6.74. The molecule has 0 fully saturated rings. The standard InChI is InChI=1S/C16H12Cl2F3NOS/c17-12-3-1-2-10(6-12)8-24-9-15(23)22-14-7-11(16(19,20)21)4-5-13(14)18/h1-7H,8-9H2,(H,22,23). The van der Waals surface area contributed by atoms with E-state index in [2.05, 4.69) is 5.32 Å². The normalized spacial score (nSPS) is 11.4. The fourth-order valence-corrected chi connectivity index (χ4v) is 3.02. The van der Waals surface area contributed by atoms with Crippen molar-refractivity contribution < 1.29 is 18.0 Å². The topological polar surface area (TPSA) is 29.1 Å². The van der Waals surface area contributed by atoms with Crippen LogP contribution >= 0.6 is 35.0 Å². The van der Waals surface area contributed by atoms with Gasteiger partial charge in [-0.2, -0.15) is 13.2 Å². The molecule has 0 aliphatic heterocycles. The van der Waals surface area contributed by atoms with Crippen molar-refractivity contribution in [2.24, 2.45) is 0 Å². The number of nitrogens with one attached hydrogen (secondary N) is 1. The van der Waals surface area contributed by atoms with E-state index in [-0.39, 0.29) is 16.5 Å². The van der Waals surface area contributed by atoms with E-state index in [1.807, 2.05) is 6.07 Å². The number of halogens is 5. The number of hydrogen-bond acceptors (Lipinski definition) is 2. The molecular formula is C16H12Cl2F3NOS. The lowest BCUT2D eigenvalue weighted by Crippen LogP contribution is -2.15. The van der Waals surface area contributed by atoms with Crippen LogP contribution in [0.2, 0.25) is 10.0 Å². The van der Waals surface area contributed by atoms with Crippen molar-refractivity contribution in [2.45, 2.75) is 11.9 Å². The van der Waals surface area contributed by atoms with Crippen LogP contribution in [0.15, 0.2) is 42.5 Å². The average molecular weight is 394 g/mol. The van der Waals surface area contributed by atoms with E-state index < -0.39 is 17.6 Å². The first kappa shape index (κ1) is 19.0. The molecule has 0 saturated heterocycles. The van der Waals surface area contributed by atoms with Crippen LogP contribution in [0.5, 0.6) is 0 Å². The number of benzene rings is 2. The fraction of sp³-hybridized carbons (Fsp3) is 0.188. The molecule has 2 aromatic rings. The zero-order valence-corrected chi connectivity index (χ0v) is 14.5. The Kier molecular flexibility index (Phi) is 6.43. The molecule has 2 rings (SSSR count). The molecule has 8 heteroatoms. The molecule has 1 amide bonds. The number of rotatable bonds is 5. The molecule has 1 N–H and O–H groups in total. The van der Waals surface area contributed by atoms with Crippen molar-refractivity contribution in [3.63, 3.8) is 0 Å². The second-order valence-corrected chi connectivity index (χ2v) is 6.69. The quantitative estimate of drug-likeness (QED) is 0.686. The molecular weight excluding hydrogens is 382 g/mol. The van der Waals surface area contributed by atoms with Gasteiger partial charge in [-0.3, -0.25) is 4.79 Å². The third-order valence-corrected chi connectivity index (χ3v) is 4.53. The Bertz CT molecular complexity index is 738. The SMILES string of the molecule is O=C(CSCc1cccc(Cl)c1)Nc1cc(C(F)(F)F)ccc1Cl. The largest absolute Gasteiger partial charge is 0.416 e. The van der Waals surface area contributed by atoms with Gasteiger partial charge < -0.3 is 5.32 Å². The number of carbonyl (C=O) groups excluding carboxylic acids is 1. The van der Waals surface area contributed by atoms with Crippen LogP contribution in [-0.4, -0.2) is 11.7 Å². The van der Waals surface area contributed by atoms with E-state index in [0.717, 1.165) is 23.8 Å². The monoisotopic (exact) mass is 393 g/mol. The van der Waals surface area contributed by atoms with E-state index in [1.165, 1.54) is 11.8 Å². The lowest BCUT2D eigenvalue weighted by atomic mass is 10.2. The zero-order chi connectivity index (χ0) is 17.7. The van der Waals surface area contributed by atoms with Crippen LogP contribution in [0.25, 0.3) is 0 Å². The van der Waals surface area contributed by atoms with Crippen LogP contribution in [0.3, 0.4) is 0 Å². The van der Waals surface area contributed by atoms with E-state index in [9.17, 15) is 18.0 Å². The number of alkyl halides is 3. The smallest absolute Gasteiger partial charge is 0.324 e. The summed E-state index contributed by atoms with van der Waals surface area (Å²) in [6.07, 6.45) is -4.49. The Morgan fingerprint density at radius 2 is 1.88 bits per heavy atom. The molecule has 0 atom stereocenters. The van der Waals surface area contributed by atoms with Gasteiger partial charge in [0, 0.05) is 10.8 Å². The van der Waals surface area contributed by atoms with Gasteiger partial charge in [-0.05, 0) is 35.9 Å². The summed E-state index contributed by atoms with van der Waals surface area (Å²) in [5.41, 5.74) is 0.0334. The molecule has 0 unspecified atom stereocenters. The Hall–Kier alpha value is -1.37. The van der Waals surface area contributed by atoms with Gasteiger partial charge in [0.25, 0.3) is 0 Å². The van der Waals surface area contributed by atoms with E-state index in [4.69, 9.17) is 23.2 Å². The van der Waals surface area contributed by atoms with Gasteiger partial charge in [-0.15, -0.1) is 11.8 Å². The van der Waals surface area contributed by atoms with Crippen molar-refractivity contribution in [2.75, 3.05) is 11.1 Å². The maximum absolute atomic E-state index is 12.7. The highest BCUT2D eigenvalue weighted by Crippen LogP contribution is 2.33. The van der Waals surface area contributed by atoms with E-state index >= 15 is 0 Å². The summed E-state index contributed by atoms with van der Waals surface area (Å²) >= 11 is 13.0. The van der Waals surface area contributed by atoms with Crippen molar-refractivity contribution in [3.05, 3.63) is 63.6 Å². The highest BCUT2D eigenvalue weighted by Gasteiger charge is 2.31. The molecule has 0 aliphatic carbocycles. The van der Waals surface area contributed by atoms with Crippen LogP contribution in [0.4, 0.5) is 18.9 Å². The molecule has 0 aromatic heterocycles. The Balaban J connectivity index is 1.92. The lowest BCUT2D eigenvalue weighted by Gasteiger charge is -2.11. The summed E-state index contributed by atoms with van der Waals surface area (Å²) in [7, 11) is 0. The molecule has 0 radical (unpaired) electrons. The molecule has 2 nitrogen and oxygen atoms in total. The van der Waals surface area contributed by atoms with Gasteiger partial charge in [0.15, 0.2) is 0 Å². The highest BCUT2D eigenvalue weighted by molar-refractivity contribution is 7.99. The molecule has 0 heterocycles. The van der Waals surface area contributed by atoms with Crippen LogP contribution < -0.4 is 5.32 Å². The highest BCUT2D eigenvalue weighted by atomic mass is 35.5. The van der Waals surface area contributed by atoms with Gasteiger partial charge in [0.1, 0.15) is 0 Å². The van der Waals surface area contributed by atoms with Gasteiger partial charge in [-0.1, -0.05) is 35.3 Å². The molecule has 128 valence electrons. The summed E-state index contributed by atoms with van der Waals surface area (Å²) in [4.78, 5) is 11.9. The first-order chi connectivity index (χ1) is 11.3. The average Bonchev–Trinajstić information content (AvgIpc) is 2.48. The molecule has 0 aliphatic rings. The predicted octanol–water partition coefficient (Wildman–Crippen LogP) is 5.88. The summed E-state index contributed by atoms with van der Waals surface area (Å²) in [6.45, 7) is 0. The van der Waals surface area contributed by atoms with Crippen LogP contribution in [0.1, 0.15) is 11.1 Å². The minimum absolute atomic E-state index is 0.0520. The molecule has 2 aromatic carbocycles. The summed E-state index contributed by atoms with van der Waals surface area (Å²) in [5, 5.41) is 3.06. The van der Waals surface area contributed by atoms with Crippen molar-refractivity contribution in [3.8, 4) is 0 Å². The minimum atomic E-state index is -4.49. The van der Waals surface area contributed by atoms with Crippen molar-refractivity contribution in [1.82, 2.24) is 0 Å². The van der Waals surface area contributed by atoms with E-state index in [1.54, 1.807) is 18.2 Å². The summed E-state index contributed by atoms with van der Waals surface area (Å²) < 4.78 is 38.1. The Morgan fingerprint density at radius 1 is 1.12 bits per heavy atom. The van der Waals surface area contributed by atoms with Crippen molar-refractivity contribution in [1.29, 1.82) is 0 Å². The van der Waals surface area contributed by atoms with Gasteiger partial charge in [0.2, 0.25) is 5.91 Å². The first-order valence-corrected chi connectivity index (χ1v) is 8.65. The van der Waals surface area contributed by atoms with Crippen LogP contribution in [-0.2, 0) is 16.7 Å². The number of anilines is 1. The van der Waals surface area contributed by atoms with Crippen molar-refractivity contribution >= 4 is 46.6 Å². The number of amides is 1. The maximum Gasteiger partial charge on any atom is 0.416 e. The van der Waals surface area contributed by atoms with Crippen LogP contribution in [0, 0.1) is 0 Å². The molecule has 0 saturated carbocycles. The second kappa shape index (κ2) is 8.14. The number of thioether (sulfide) groups is 1. The van der Waals surface area contributed by atoms with Gasteiger partial charge in [-0.25, -0.2) is 0 Å². The second-order valence-electron chi connectivity index (χ2n) is 4.86. The lowest BCUT2D eigenvalue weighted by molar-refractivity contribution is -0.137. The van der Waals surface area contributed by atoms with E-state index in [0.29, 0.717) is 10.8 Å². The van der Waals surface area contributed by atoms with Gasteiger partial charge >= 0.3 is 6.18 Å². The number of carbonyl (C=O) groups is 1. The molecule has 0 bridgehead atoms. The van der Waals surface area contributed by atoms with Gasteiger partial charge in [0.05, 0.1) is 22.0 Å². The minimum Gasteiger partial charge on any atom is -0.324 e. The Morgan fingerprint density at radius 3 is 2.54 bits per heavy atom. The molecule has 24 heavy (non-hydrogen) atoms. The maximum atomic E-state index is 12.7. The predicted molar refractivity (Wildman–Crippen MR) is 92.7 cm³/mol. The Labute approximate surface area is 151 Å². The number of hydrogen-bond donors (Lipinski definition) is 1. The summed E-state index contributed by atoms with van der Waals surface area (Å²) in [5.74, 6) is 0.215. The summed E-state index contributed by atoms with van der Waals surface area (Å²) in [6, 6.07) is 10.0. The molecule has 0 spiro atoms. The third-order valence-electron chi connectivity index (χ3n) is 2.96. The zero-order valence-electron chi connectivity index (χ0n) is 12.2. The fourth-order valence-electron chi connectivity index (χ4n) is 1.87.